The van der Waals surface area contributed by atoms with Crippen molar-refractivity contribution in [3.63, 3.8) is 0 Å². The fourth-order valence-corrected chi connectivity index (χ4v) is 8.32. The molecule has 210 valence electrons. The SMILES string of the molecule is COC(=O)c1c(NC(=O)c2ccccc2C(=O)Nc2sc3c(c2C(=O)OC)CC[C@H](C)C3)sc2c1CC[C@@H](C)C2. The smallest absolute Gasteiger partial charge is 0.341 e. The number of amides is 2. The molecule has 0 unspecified atom stereocenters. The van der Waals surface area contributed by atoms with E-state index in [1.54, 1.807) is 24.3 Å². The van der Waals surface area contributed by atoms with Gasteiger partial charge in [0.2, 0.25) is 0 Å². The Labute approximate surface area is 241 Å². The molecule has 2 heterocycles. The van der Waals surface area contributed by atoms with Gasteiger partial charge in [0.05, 0.1) is 36.5 Å². The summed E-state index contributed by atoms with van der Waals surface area (Å²) < 4.78 is 10.1. The lowest BCUT2D eigenvalue weighted by atomic mass is 9.88. The number of benzene rings is 1. The first-order valence-corrected chi connectivity index (χ1v) is 15.0. The first-order valence-electron chi connectivity index (χ1n) is 13.4. The lowest BCUT2D eigenvalue weighted by molar-refractivity contribution is 0.0591. The second kappa shape index (κ2) is 11.5. The fourth-order valence-electron chi connectivity index (χ4n) is 5.53. The second-order valence-electron chi connectivity index (χ2n) is 10.5. The van der Waals surface area contributed by atoms with Crippen molar-refractivity contribution in [2.45, 2.75) is 52.4 Å². The summed E-state index contributed by atoms with van der Waals surface area (Å²) in [7, 11) is 2.66. The Hall–Kier alpha value is -3.50. The summed E-state index contributed by atoms with van der Waals surface area (Å²) in [5, 5.41) is 6.63. The molecule has 2 atom stereocenters. The summed E-state index contributed by atoms with van der Waals surface area (Å²) in [6.07, 6.45) is 5.10. The number of fused-ring (bicyclic) bond motifs is 2. The van der Waals surface area contributed by atoms with E-state index < -0.39 is 23.8 Å². The minimum absolute atomic E-state index is 0.158. The van der Waals surface area contributed by atoms with Crippen LogP contribution in [-0.4, -0.2) is 38.0 Å². The van der Waals surface area contributed by atoms with Crippen LogP contribution in [0.15, 0.2) is 24.3 Å². The number of esters is 2. The van der Waals surface area contributed by atoms with E-state index in [2.05, 4.69) is 24.5 Å². The Morgan fingerprint density at radius 1 is 0.725 bits per heavy atom. The van der Waals surface area contributed by atoms with Crippen LogP contribution in [0.2, 0.25) is 0 Å². The average molecular weight is 581 g/mol. The Bertz CT molecular complexity index is 1390. The molecule has 10 heteroatoms. The van der Waals surface area contributed by atoms with Gasteiger partial charge in [-0.3, -0.25) is 9.59 Å². The molecule has 2 aliphatic rings. The largest absolute Gasteiger partial charge is 0.465 e. The molecule has 2 aromatic heterocycles. The molecule has 8 nitrogen and oxygen atoms in total. The molecule has 1 aromatic carbocycles. The van der Waals surface area contributed by atoms with Gasteiger partial charge in [-0.15, -0.1) is 22.7 Å². The second-order valence-corrected chi connectivity index (χ2v) is 12.8. The first-order chi connectivity index (χ1) is 19.2. The van der Waals surface area contributed by atoms with Gasteiger partial charge < -0.3 is 20.1 Å². The van der Waals surface area contributed by atoms with E-state index in [0.717, 1.165) is 59.4 Å². The van der Waals surface area contributed by atoms with Crippen LogP contribution in [-0.2, 0) is 35.2 Å². The summed E-state index contributed by atoms with van der Waals surface area (Å²) in [6.45, 7) is 4.34. The van der Waals surface area contributed by atoms with Gasteiger partial charge in [-0.25, -0.2) is 9.59 Å². The van der Waals surface area contributed by atoms with Gasteiger partial charge in [0, 0.05) is 9.75 Å². The Morgan fingerprint density at radius 2 is 1.12 bits per heavy atom. The van der Waals surface area contributed by atoms with Gasteiger partial charge >= 0.3 is 11.9 Å². The molecule has 3 aromatic rings. The van der Waals surface area contributed by atoms with E-state index in [0.29, 0.717) is 33.0 Å². The predicted octanol–water partition coefficient (Wildman–Crippen LogP) is 6.14. The quantitative estimate of drug-likeness (QED) is 0.339. The third kappa shape index (κ3) is 5.30. The van der Waals surface area contributed by atoms with Crippen LogP contribution in [0.5, 0.6) is 0 Å². The average Bonchev–Trinajstić information content (AvgIpc) is 3.48. The van der Waals surface area contributed by atoms with Crippen LogP contribution >= 0.6 is 22.7 Å². The van der Waals surface area contributed by atoms with Crippen molar-refractivity contribution in [3.05, 3.63) is 67.4 Å². The zero-order chi connectivity index (χ0) is 28.6. The molecule has 5 rings (SSSR count). The summed E-state index contributed by atoms with van der Waals surface area (Å²) in [5.74, 6) is -0.999. The molecule has 0 aliphatic heterocycles. The highest BCUT2D eigenvalue weighted by molar-refractivity contribution is 7.17. The number of hydrogen-bond donors (Lipinski definition) is 2. The van der Waals surface area contributed by atoms with Crippen molar-refractivity contribution >= 4 is 56.4 Å². The predicted molar refractivity (Wildman–Crippen MR) is 156 cm³/mol. The van der Waals surface area contributed by atoms with Gasteiger partial charge in [-0.2, -0.15) is 0 Å². The monoisotopic (exact) mass is 580 g/mol. The Kier molecular flexibility index (Phi) is 8.09. The molecule has 40 heavy (non-hydrogen) atoms. The van der Waals surface area contributed by atoms with E-state index in [-0.39, 0.29) is 11.1 Å². The number of carbonyl (C=O) groups is 4. The first kappa shape index (κ1) is 28.0. The molecular weight excluding hydrogens is 548 g/mol. The minimum atomic E-state index is -0.505. The third-order valence-electron chi connectivity index (χ3n) is 7.67. The van der Waals surface area contributed by atoms with Crippen molar-refractivity contribution in [3.8, 4) is 0 Å². The maximum atomic E-state index is 13.5. The van der Waals surface area contributed by atoms with Gasteiger partial charge in [0.25, 0.3) is 11.8 Å². The zero-order valence-electron chi connectivity index (χ0n) is 23.0. The number of hydrogen-bond acceptors (Lipinski definition) is 8. The van der Waals surface area contributed by atoms with Crippen molar-refractivity contribution < 1.29 is 28.7 Å². The highest BCUT2D eigenvalue weighted by atomic mass is 32.1. The van der Waals surface area contributed by atoms with E-state index in [1.807, 2.05) is 0 Å². The molecule has 2 aliphatic carbocycles. The molecular formula is C30H32N2O6S2. The fraction of sp³-hybridized carbons (Fsp3) is 0.400. The summed E-state index contributed by atoms with van der Waals surface area (Å²) in [4.78, 5) is 54.6. The van der Waals surface area contributed by atoms with Crippen LogP contribution in [0.3, 0.4) is 0 Å². The molecule has 0 radical (unpaired) electrons. The minimum Gasteiger partial charge on any atom is -0.465 e. The molecule has 0 spiro atoms. The lowest BCUT2D eigenvalue weighted by Crippen LogP contribution is -2.21. The topological polar surface area (TPSA) is 111 Å². The number of rotatable bonds is 6. The lowest BCUT2D eigenvalue weighted by Gasteiger charge is -2.18. The van der Waals surface area contributed by atoms with E-state index in [9.17, 15) is 19.2 Å². The van der Waals surface area contributed by atoms with Gasteiger partial charge in [0.15, 0.2) is 0 Å². The van der Waals surface area contributed by atoms with Crippen molar-refractivity contribution in [2.75, 3.05) is 24.9 Å². The van der Waals surface area contributed by atoms with Crippen molar-refractivity contribution in [1.29, 1.82) is 0 Å². The van der Waals surface area contributed by atoms with Crippen molar-refractivity contribution in [1.82, 2.24) is 0 Å². The molecule has 0 saturated heterocycles. The zero-order valence-corrected chi connectivity index (χ0v) is 24.6. The van der Waals surface area contributed by atoms with E-state index in [1.165, 1.54) is 36.9 Å². The van der Waals surface area contributed by atoms with Crippen LogP contribution in [0.25, 0.3) is 0 Å². The van der Waals surface area contributed by atoms with Crippen LogP contribution in [0.4, 0.5) is 10.0 Å². The number of ether oxygens (including phenoxy) is 2. The molecule has 0 bridgehead atoms. The molecule has 0 saturated carbocycles. The third-order valence-corrected chi connectivity index (χ3v) is 10.0. The van der Waals surface area contributed by atoms with Gasteiger partial charge in [0.1, 0.15) is 10.0 Å². The maximum Gasteiger partial charge on any atom is 0.341 e. The van der Waals surface area contributed by atoms with E-state index >= 15 is 0 Å². The number of methoxy groups -OCH3 is 2. The van der Waals surface area contributed by atoms with Crippen LogP contribution in [0, 0.1) is 11.8 Å². The van der Waals surface area contributed by atoms with Crippen molar-refractivity contribution in [2.24, 2.45) is 11.8 Å². The van der Waals surface area contributed by atoms with Crippen LogP contribution in [0.1, 0.15) is 89.0 Å². The Morgan fingerprint density at radius 3 is 1.50 bits per heavy atom. The van der Waals surface area contributed by atoms with Gasteiger partial charge in [-0.05, 0) is 73.6 Å². The van der Waals surface area contributed by atoms with Gasteiger partial charge in [-0.1, -0.05) is 26.0 Å². The number of carbonyl (C=O) groups excluding carboxylic acids is 4. The number of thiophene rings is 2. The Balaban J connectivity index is 1.44. The highest BCUT2D eigenvalue weighted by Crippen LogP contribution is 2.41. The summed E-state index contributed by atoms with van der Waals surface area (Å²) in [5.41, 5.74) is 2.97. The number of nitrogens with one attached hydrogen (secondary N) is 2. The van der Waals surface area contributed by atoms with E-state index in [4.69, 9.17) is 9.47 Å². The normalized spacial score (nSPS) is 17.8. The standard InChI is InChI=1S/C30H32N2O6S2/c1-15-9-11-19-21(13-15)39-27(23(19)29(35)37-3)31-25(33)17-7-5-6-8-18(17)26(34)32-28-24(30(36)38-4)20-12-10-16(2)14-22(20)40-28/h5-8,15-16H,9-14H2,1-4H3,(H,31,33)(H,32,34)/t15-,16+. The summed E-state index contributed by atoms with van der Waals surface area (Å²) in [6, 6.07) is 6.50. The molecule has 2 N–H and O–H groups in total. The number of anilines is 2. The summed E-state index contributed by atoms with van der Waals surface area (Å²) >= 11 is 2.78. The highest BCUT2D eigenvalue weighted by Gasteiger charge is 2.31. The van der Waals surface area contributed by atoms with Crippen LogP contribution < -0.4 is 10.6 Å². The maximum absolute atomic E-state index is 13.5. The molecule has 2 amide bonds. The molecule has 0 fully saturated rings.